The molecule has 180 valence electrons. The summed E-state index contributed by atoms with van der Waals surface area (Å²) < 4.78 is 7.62. The number of hydrogen-bond donors (Lipinski definition) is 0. The lowest BCUT2D eigenvalue weighted by molar-refractivity contribution is 0.0460. The normalized spacial score (nSPS) is 11.3. The molecule has 0 saturated heterocycles. The molecule has 0 fully saturated rings. The van der Waals surface area contributed by atoms with Crippen molar-refractivity contribution in [1.29, 1.82) is 0 Å². The van der Waals surface area contributed by atoms with E-state index in [9.17, 15) is 0 Å². The van der Waals surface area contributed by atoms with E-state index in [1.807, 2.05) is 48.5 Å². The second-order valence-electron chi connectivity index (χ2n) is 7.98. The minimum atomic E-state index is 0.690. The summed E-state index contributed by atoms with van der Waals surface area (Å²) in [4.78, 5) is 1.11. The summed E-state index contributed by atoms with van der Waals surface area (Å²) in [5.41, 5.74) is 3.49. The van der Waals surface area contributed by atoms with Gasteiger partial charge in [0.05, 0.1) is 13.7 Å². The van der Waals surface area contributed by atoms with Crippen LogP contribution in [0.25, 0.3) is 0 Å². The summed E-state index contributed by atoms with van der Waals surface area (Å²) >= 11 is 20.1. The van der Waals surface area contributed by atoms with Crippen LogP contribution in [0.5, 0.6) is 5.75 Å². The lowest BCUT2D eigenvalue weighted by Gasteiger charge is -2.34. The molecule has 0 bridgehead atoms. The first-order chi connectivity index (χ1) is 17.0. The van der Waals surface area contributed by atoms with Crippen molar-refractivity contribution in [2.75, 3.05) is 7.11 Å². The van der Waals surface area contributed by atoms with E-state index in [2.05, 4.69) is 58.0 Å². The van der Waals surface area contributed by atoms with Crippen molar-refractivity contribution in [3.05, 3.63) is 129 Å². The van der Waals surface area contributed by atoms with Crippen LogP contribution in [-0.2, 0) is 19.6 Å². The highest BCUT2D eigenvalue weighted by molar-refractivity contribution is 7.97. The van der Waals surface area contributed by atoms with E-state index < -0.39 is 0 Å². The predicted molar refractivity (Wildman–Crippen MR) is 148 cm³/mol. The largest absolute Gasteiger partial charge is 0.497 e. The Balaban J connectivity index is 1.66. The highest BCUT2D eigenvalue weighted by Gasteiger charge is 2.19. The van der Waals surface area contributed by atoms with Gasteiger partial charge in [-0.3, -0.25) is 0 Å². The molecule has 0 aromatic heterocycles. The predicted octanol–water partition coefficient (Wildman–Crippen LogP) is 8.78. The van der Waals surface area contributed by atoms with Crippen LogP contribution in [0.3, 0.4) is 0 Å². The quantitative estimate of drug-likeness (QED) is 0.147. The summed E-state index contributed by atoms with van der Waals surface area (Å²) in [6, 6.07) is 32.0. The van der Waals surface area contributed by atoms with Crippen molar-refractivity contribution in [1.82, 2.24) is 9.42 Å². The van der Waals surface area contributed by atoms with Crippen LogP contribution in [0.2, 0.25) is 15.1 Å². The van der Waals surface area contributed by atoms with E-state index in [4.69, 9.17) is 39.5 Å². The van der Waals surface area contributed by atoms with Gasteiger partial charge in [0.25, 0.3) is 0 Å². The molecule has 0 amide bonds. The van der Waals surface area contributed by atoms with Crippen molar-refractivity contribution in [3.8, 4) is 5.75 Å². The molecule has 7 heteroatoms. The summed E-state index contributed by atoms with van der Waals surface area (Å²) in [6.45, 7) is 2.10. The molecular formula is C28H25Cl3N2OS. The van der Waals surface area contributed by atoms with Crippen LogP contribution >= 0.6 is 46.8 Å². The molecule has 0 saturated carbocycles. The molecule has 0 aliphatic carbocycles. The third kappa shape index (κ3) is 7.91. The Kier molecular flexibility index (Phi) is 9.38. The van der Waals surface area contributed by atoms with Gasteiger partial charge < -0.3 is 4.74 Å². The van der Waals surface area contributed by atoms with Gasteiger partial charge >= 0.3 is 0 Å². The van der Waals surface area contributed by atoms with Gasteiger partial charge in [-0.05, 0) is 89.3 Å². The van der Waals surface area contributed by atoms with Gasteiger partial charge in [-0.15, -0.1) is 0 Å². The van der Waals surface area contributed by atoms with E-state index in [0.29, 0.717) is 19.6 Å². The molecule has 0 aliphatic heterocycles. The van der Waals surface area contributed by atoms with E-state index in [1.165, 1.54) is 11.1 Å². The van der Waals surface area contributed by atoms with Gasteiger partial charge in [0, 0.05) is 33.1 Å². The summed E-state index contributed by atoms with van der Waals surface area (Å²) in [5, 5.41) is 4.50. The molecule has 3 nitrogen and oxygen atoms in total. The second-order valence-corrected chi connectivity index (χ2v) is 10.4. The number of benzene rings is 4. The zero-order valence-electron chi connectivity index (χ0n) is 19.2. The number of rotatable bonds is 10. The van der Waals surface area contributed by atoms with Gasteiger partial charge in [-0.2, -0.15) is 4.41 Å². The Morgan fingerprint density at radius 2 is 0.971 bits per heavy atom. The SMILES string of the molecule is COc1ccc(SN(Cc2ccc(Cl)cc2)N(Cc2ccc(Cl)cc2)Cc2ccc(Cl)cc2)cc1. The minimum absolute atomic E-state index is 0.690. The average molecular weight is 544 g/mol. The van der Waals surface area contributed by atoms with E-state index in [1.54, 1.807) is 19.1 Å². The molecule has 4 aromatic rings. The Bertz CT molecular complexity index is 1150. The highest BCUT2D eigenvalue weighted by Crippen LogP contribution is 2.31. The van der Waals surface area contributed by atoms with Gasteiger partial charge in [0.2, 0.25) is 0 Å². The number of hydrogen-bond acceptors (Lipinski definition) is 4. The van der Waals surface area contributed by atoms with Crippen molar-refractivity contribution in [2.24, 2.45) is 0 Å². The Morgan fingerprint density at radius 1 is 0.571 bits per heavy atom. The van der Waals surface area contributed by atoms with Crippen LogP contribution in [-0.4, -0.2) is 16.5 Å². The zero-order valence-corrected chi connectivity index (χ0v) is 22.3. The van der Waals surface area contributed by atoms with Gasteiger partial charge in [0.1, 0.15) is 5.75 Å². The molecule has 0 N–H and O–H groups in total. The van der Waals surface area contributed by atoms with E-state index in [-0.39, 0.29) is 0 Å². The molecule has 35 heavy (non-hydrogen) atoms. The fraction of sp³-hybridized carbons (Fsp3) is 0.143. The standard InChI is InChI=1S/C28H25Cl3N2OS/c1-34-27-14-16-28(17-15-27)35-33(20-23-6-12-26(31)13-7-23)32(18-21-2-8-24(29)9-3-21)19-22-4-10-25(30)11-5-22/h2-17H,18-20H2,1H3. The molecule has 0 radical (unpaired) electrons. The summed E-state index contributed by atoms with van der Waals surface area (Å²) in [5.74, 6) is 0.831. The first-order valence-corrected chi connectivity index (χ1v) is 13.0. The molecule has 0 spiro atoms. The molecule has 0 aliphatic rings. The number of hydrazine groups is 1. The third-order valence-electron chi connectivity index (χ3n) is 5.37. The lowest BCUT2D eigenvalue weighted by atomic mass is 10.2. The Hall–Kier alpha value is -2.18. The van der Waals surface area contributed by atoms with Crippen molar-refractivity contribution >= 4 is 46.8 Å². The molecule has 0 unspecified atom stereocenters. The number of halogens is 3. The summed E-state index contributed by atoms with van der Waals surface area (Å²) in [7, 11) is 1.68. The van der Waals surface area contributed by atoms with Crippen LogP contribution in [0.15, 0.2) is 102 Å². The van der Waals surface area contributed by atoms with Crippen molar-refractivity contribution < 1.29 is 4.74 Å². The number of nitrogens with zero attached hydrogens (tertiary/aromatic N) is 2. The smallest absolute Gasteiger partial charge is 0.118 e. The first kappa shape index (κ1) is 25.9. The van der Waals surface area contributed by atoms with Crippen LogP contribution in [0, 0.1) is 0 Å². The molecule has 0 heterocycles. The zero-order chi connectivity index (χ0) is 24.6. The fourth-order valence-electron chi connectivity index (χ4n) is 3.51. The maximum atomic E-state index is 6.15. The van der Waals surface area contributed by atoms with Gasteiger partial charge in [-0.1, -0.05) is 71.2 Å². The number of ether oxygens (including phenoxy) is 1. The van der Waals surface area contributed by atoms with Crippen LogP contribution < -0.4 is 4.74 Å². The first-order valence-electron chi connectivity index (χ1n) is 11.1. The summed E-state index contributed by atoms with van der Waals surface area (Å²) in [6.07, 6.45) is 0. The molecule has 0 atom stereocenters. The molecule has 4 aromatic carbocycles. The molecule has 4 rings (SSSR count). The second kappa shape index (κ2) is 12.7. The van der Waals surface area contributed by atoms with Crippen LogP contribution in [0.4, 0.5) is 0 Å². The third-order valence-corrected chi connectivity index (χ3v) is 7.18. The number of methoxy groups -OCH3 is 1. The monoisotopic (exact) mass is 542 g/mol. The fourth-order valence-corrected chi connectivity index (χ4v) is 4.83. The highest BCUT2D eigenvalue weighted by atomic mass is 35.5. The topological polar surface area (TPSA) is 15.7 Å². The maximum Gasteiger partial charge on any atom is 0.118 e. The maximum absolute atomic E-state index is 6.15. The van der Waals surface area contributed by atoms with Gasteiger partial charge in [0.15, 0.2) is 0 Å². The van der Waals surface area contributed by atoms with E-state index in [0.717, 1.165) is 31.3 Å². The van der Waals surface area contributed by atoms with Crippen LogP contribution in [0.1, 0.15) is 16.7 Å². The van der Waals surface area contributed by atoms with Crippen molar-refractivity contribution in [2.45, 2.75) is 24.5 Å². The Morgan fingerprint density at radius 3 is 1.37 bits per heavy atom. The molecular weight excluding hydrogens is 519 g/mol. The van der Waals surface area contributed by atoms with E-state index >= 15 is 0 Å². The van der Waals surface area contributed by atoms with Crippen molar-refractivity contribution in [3.63, 3.8) is 0 Å². The Labute approximate surface area is 226 Å². The minimum Gasteiger partial charge on any atom is -0.497 e. The van der Waals surface area contributed by atoms with Gasteiger partial charge in [-0.25, -0.2) is 5.01 Å². The lowest BCUT2D eigenvalue weighted by Crippen LogP contribution is -2.36. The average Bonchev–Trinajstić information content (AvgIpc) is 2.87.